The van der Waals surface area contributed by atoms with Gasteiger partial charge in [-0.25, -0.2) is 0 Å². The highest BCUT2D eigenvalue weighted by Gasteiger charge is 2.30. The third-order valence-corrected chi connectivity index (χ3v) is 9.94. The van der Waals surface area contributed by atoms with E-state index < -0.39 is 12.1 Å². The van der Waals surface area contributed by atoms with Crippen molar-refractivity contribution in [1.29, 1.82) is 0 Å². The Morgan fingerprint density at radius 3 is 2.38 bits per heavy atom. The number of nitrogens with two attached hydrogens (primary N) is 1. The van der Waals surface area contributed by atoms with Crippen LogP contribution in [0.1, 0.15) is 66.9 Å². The number of ketones is 1. The van der Waals surface area contributed by atoms with Gasteiger partial charge >= 0.3 is 0 Å². The highest BCUT2D eigenvalue weighted by Crippen LogP contribution is 2.37. The van der Waals surface area contributed by atoms with Gasteiger partial charge in [-0.15, -0.1) is 0 Å². The molecular weight excluding hydrogens is 707 g/mol. The minimum absolute atomic E-state index is 0.0290. The van der Waals surface area contributed by atoms with E-state index in [-0.39, 0.29) is 41.3 Å². The molecule has 56 heavy (non-hydrogen) atoms. The lowest BCUT2D eigenvalue weighted by Gasteiger charge is -2.34. The lowest BCUT2D eigenvalue weighted by Crippen LogP contribution is -2.52. The number of phenols is 1. The molecule has 0 spiro atoms. The van der Waals surface area contributed by atoms with Gasteiger partial charge in [0.2, 0.25) is 5.91 Å². The van der Waals surface area contributed by atoms with Crippen LogP contribution in [0.2, 0.25) is 0 Å². The summed E-state index contributed by atoms with van der Waals surface area (Å²) in [7, 11) is 5.40. The van der Waals surface area contributed by atoms with Crippen molar-refractivity contribution in [3.8, 4) is 16.9 Å². The minimum atomic E-state index is -0.834. The Bertz CT molecular complexity index is 1750. The summed E-state index contributed by atoms with van der Waals surface area (Å²) >= 11 is 0. The molecule has 1 aliphatic rings. The zero-order valence-corrected chi connectivity index (χ0v) is 35.1. The van der Waals surface area contributed by atoms with E-state index in [2.05, 4.69) is 67.5 Å². The highest BCUT2D eigenvalue weighted by molar-refractivity contribution is 5.98. The summed E-state index contributed by atoms with van der Waals surface area (Å²) in [6.45, 7) is 17.0. The Morgan fingerprint density at radius 2 is 1.79 bits per heavy atom. The molecule has 11 nitrogen and oxygen atoms in total. The number of methoxy groups -OCH3 is 1. The maximum absolute atomic E-state index is 13.5. The van der Waals surface area contributed by atoms with Crippen LogP contribution in [-0.2, 0) is 30.3 Å². The fraction of sp³-hybridized carbons (Fsp3) is 0.489. The predicted octanol–water partition coefficient (Wildman–Crippen LogP) is 6.28. The number of hydrogen-bond acceptors (Lipinski definition) is 10. The number of dihydropyridines is 1. The Labute approximate surface area is 334 Å². The molecule has 0 saturated carbocycles. The van der Waals surface area contributed by atoms with E-state index in [9.17, 15) is 19.5 Å². The molecule has 0 fully saturated rings. The topological polar surface area (TPSA) is 146 Å². The van der Waals surface area contributed by atoms with Gasteiger partial charge in [-0.05, 0) is 113 Å². The van der Waals surface area contributed by atoms with E-state index in [1.54, 1.807) is 25.3 Å². The Balaban J connectivity index is 2.06. The Morgan fingerprint density at radius 1 is 1.09 bits per heavy atom. The molecule has 1 amide bonds. The number of phenolic OH excluding ortho intramolecular Hbond substituents is 1. The summed E-state index contributed by atoms with van der Waals surface area (Å²) in [5.41, 5.74) is 12.9. The first kappa shape index (κ1) is 45.7. The van der Waals surface area contributed by atoms with E-state index in [1.165, 1.54) is 6.08 Å². The fourth-order valence-electron chi connectivity index (χ4n) is 7.46. The number of rotatable bonds is 22. The number of allylic oxidation sites excluding steroid dienone is 2. The molecule has 0 aromatic heterocycles. The molecule has 1 heterocycles. The summed E-state index contributed by atoms with van der Waals surface area (Å²) < 4.78 is 11.0. The first-order chi connectivity index (χ1) is 26.6. The Hall–Kier alpha value is -4.71. The van der Waals surface area contributed by atoms with Crippen molar-refractivity contribution >= 4 is 23.9 Å². The standard InChI is InChI=1S/C45H65N5O6/c1-11-50(43(31(4)27-45(6,7)28-56-29-51)38-15-14-22-47-41(38)32(5)55-10)36-19-17-34(18-20-36)35-23-33(24-37(52)26-35)25-39(40(53)16-12-13-21-46)48-44(54)42(30(2)3)49(8)9/h12,14-20,23-24,26,29-30,32,39,42,47,52H,11,13,21-22,25,27-28,46H2,1-10H3,(H,48,54)/b16-12-,43-31+. The molecule has 1 aliphatic heterocycles. The minimum Gasteiger partial charge on any atom is -0.508 e. The molecule has 0 saturated heterocycles. The monoisotopic (exact) mass is 771 g/mol. The van der Waals surface area contributed by atoms with Crippen molar-refractivity contribution in [1.82, 2.24) is 15.5 Å². The molecule has 5 N–H and O–H groups in total. The third-order valence-electron chi connectivity index (χ3n) is 9.94. The fourth-order valence-corrected chi connectivity index (χ4v) is 7.46. The van der Waals surface area contributed by atoms with Gasteiger partial charge in [-0.2, -0.15) is 0 Å². The van der Waals surface area contributed by atoms with Gasteiger partial charge in [-0.3, -0.25) is 19.3 Å². The van der Waals surface area contributed by atoms with Crippen molar-refractivity contribution in [2.75, 3.05) is 52.3 Å². The molecule has 11 heteroatoms. The average Bonchev–Trinajstić information content (AvgIpc) is 3.15. The zero-order chi connectivity index (χ0) is 41.6. The van der Waals surface area contributed by atoms with E-state index in [0.717, 1.165) is 39.4 Å². The van der Waals surface area contributed by atoms with E-state index in [1.807, 2.05) is 58.0 Å². The van der Waals surface area contributed by atoms with Crippen LogP contribution in [0.5, 0.6) is 5.75 Å². The molecular formula is C45H65N5O6. The van der Waals surface area contributed by atoms with E-state index >= 15 is 0 Å². The van der Waals surface area contributed by atoms with Gasteiger partial charge in [0.25, 0.3) is 6.47 Å². The first-order valence-corrected chi connectivity index (χ1v) is 19.6. The SMILES string of the molecule is CCN(/C(C1=C(C(C)OC)NCC=C1)=C(\C)CC(C)(C)COC=O)c1ccc(-c2cc(O)cc(CC(NC(=O)C(C(C)C)N(C)C)C(=O)/C=C\CCN)c2)cc1. The van der Waals surface area contributed by atoms with Crippen molar-refractivity contribution in [2.24, 2.45) is 17.1 Å². The molecule has 2 aromatic rings. The van der Waals surface area contributed by atoms with Crippen LogP contribution in [0.15, 0.2) is 89.3 Å². The van der Waals surface area contributed by atoms with Crippen LogP contribution < -0.4 is 21.3 Å². The maximum Gasteiger partial charge on any atom is 0.293 e. The number of aromatic hydroxyl groups is 1. The second kappa shape index (κ2) is 21.6. The molecule has 0 bridgehead atoms. The highest BCUT2D eigenvalue weighted by atomic mass is 16.5. The molecule has 3 atom stereocenters. The maximum atomic E-state index is 13.5. The second-order valence-electron chi connectivity index (χ2n) is 15.8. The number of ether oxygens (including phenoxy) is 2. The van der Waals surface area contributed by atoms with Crippen LogP contribution >= 0.6 is 0 Å². The predicted molar refractivity (Wildman–Crippen MR) is 226 cm³/mol. The molecule has 0 radical (unpaired) electrons. The quantitative estimate of drug-likeness (QED) is 0.0797. The molecule has 306 valence electrons. The summed E-state index contributed by atoms with van der Waals surface area (Å²) in [5.74, 6) is -0.373. The van der Waals surface area contributed by atoms with Crippen LogP contribution in [-0.4, -0.2) is 93.8 Å². The largest absolute Gasteiger partial charge is 0.508 e. The molecule has 3 rings (SSSR count). The third kappa shape index (κ3) is 12.7. The number of anilines is 1. The van der Waals surface area contributed by atoms with E-state index in [0.29, 0.717) is 51.1 Å². The van der Waals surface area contributed by atoms with E-state index in [4.69, 9.17) is 15.2 Å². The molecule has 2 aromatic carbocycles. The van der Waals surface area contributed by atoms with Gasteiger partial charge in [-0.1, -0.05) is 64.1 Å². The second-order valence-corrected chi connectivity index (χ2v) is 15.8. The van der Waals surface area contributed by atoms with Crippen LogP contribution in [0.3, 0.4) is 0 Å². The first-order valence-electron chi connectivity index (χ1n) is 19.6. The van der Waals surface area contributed by atoms with Gasteiger partial charge in [0.05, 0.1) is 24.8 Å². The number of carbonyl (C=O) groups is 3. The molecule has 3 unspecified atom stereocenters. The van der Waals surface area contributed by atoms with Crippen molar-refractivity contribution in [3.63, 3.8) is 0 Å². The number of nitrogens with one attached hydrogen (secondary N) is 2. The van der Waals surface area contributed by atoms with Crippen molar-refractivity contribution in [2.45, 2.75) is 85.9 Å². The number of benzene rings is 2. The summed E-state index contributed by atoms with van der Waals surface area (Å²) in [4.78, 5) is 42.1. The lowest BCUT2D eigenvalue weighted by atomic mass is 9.84. The summed E-state index contributed by atoms with van der Waals surface area (Å²) in [5, 5.41) is 17.5. The zero-order valence-electron chi connectivity index (χ0n) is 35.1. The normalized spacial score (nSPS) is 15.4. The van der Waals surface area contributed by atoms with Crippen LogP contribution in [0, 0.1) is 11.3 Å². The van der Waals surface area contributed by atoms with Crippen LogP contribution in [0.4, 0.5) is 5.69 Å². The van der Waals surface area contributed by atoms with Gasteiger partial charge in [0.15, 0.2) is 5.78 Å². The smallest absolute Gasteiger partial charge is 0.293 e. The number of amides is 1. The Kier molecular flexibility index (Phi) is 17.6. The van der Waals surface area contributed by atoms with Gasteiger partial charge in [0.1, 0.15) is 5.75 Å². The van der Waals surface area contributed by atoms with Gasteiger partial charge < -0.3 is 35.8 Å². The lowest BCUT2D eigenvalue weighted by molar-refractivity contribution is -0.131. The van der Waals surface area contributed by atoms with Crippen LogP contribution in [0.25, 0.3) is 11.1 Å². The number of nitrogens with zero attached hydrogens (tertiary/aromatic N) is 2. The number of likely N-dealkylation sites (N-methyl/N-ethyl adjacent to an activating group) is 2. The number of carbonyl (C=O) groups excluding carboxylic acids is 3. The molecule has 0 aliphatic carbocycles. The average molecular weight is 772 g/mol. The summed E-state index contributed by atoms with van der Waals surface area (Å²) in [6.07, 6.45) is 8.73. The number of hydrogen-bond donors (Lipinski definition) is 4. The van der Waals surface area contributed by atoms with Crippen molar-refractivity contribution < 1.29 is 29.0 Å². The van der Waals surface area contributed by atoms with Gasteiger partial charge in [0, 0.05) is 54.7 Å². The summed E-state index contributed by atoms with van der Waals surface area (Å²) in [6, 6.07) is 12.2. The van der Waals surface area contributed by atoms with Crippen molar-refractivity contribution in [3.05, 3.63) is 94.9 Å².